The van der Waals surface area contributed by atoms with Crippen LogP contribution in [0.4, 0.5) is 5.69 Å². The van der Waals surface area contributed by atoms with E-state index in [-0.39, 0.29) is 23.7 Å². The number of carbonyl (C=O) groups excluding carboxylic acids is 3. The Hall–Kier alpha value is -2.26. The van der Waals surface area contributed by atoms with Gasteiger partial charge in [0.25, 0.3) is 0 Å². The standard InChI is InChI=1S/C17H25NO3.C4H9NO2S.C2H4O/c1-3-5-6-7-12-10-13-11-14(19)8-9-15(13)18-16(12)17(20)21-4-2;1-7-4(6)3(5)2-8;1-2-3/h8-9,11-12,16,18-19H,3-7,10H2,1-2H3;3,8H,2,5H2,1H3;2H,1H3/t12-,16+;3-;/m10./s1. The maximum atomic E-state index is 12.2. The second kappa shape index (κ2) is 17.3. The summed E-state index contributed by atoms with van der Waals surface area (Å²) in [5.74, 6) is 0.243. The minimum Gasteiger partial charge on any atom is -0.508 e. The molecule has 0 saturated heterocycles. The molecule has 8 nitrogen and oxygen atoms in total. The number of nitrogens with two attached hydrogens (primary N) is 1. The number of rotatable bonds is 8. The Morgan fingerprint density at radius 3 is 2.50 bits per heavy atom. The van der Waals surface area contributed by atoms with Crippen LogP contribution in [0, 0.1) is 5.92 Å². The molecular weight excluding hydrogens is 432 g/mol. The number of hydrogen-bond donors (Lipinski definition) is 4. The molecule has 32 heavy (non-hydrogen) atoms. The van der Waals surface area contributed by atoms with Crippen molar-refractivity contribution in [1.82, 2.24) is 0 Å². The lowest BCUT2D eigenvalue weighted by Crippen LogP contribution is -2.42. The zero-order chi connectivity index (χ0) is 24.5. The SMILES string of the molecule is CC=O.CCCCC[C@@H]1Cc2cc(O)ccc2N[C@@H]1C(=O)OCC.COC(=O)[C@@H](N)CS. The Morgan fingerprint density at radius 2 is 2.00 bits per heavy atom. The quantitative estimate of drug-likeness (QED) is 0.150. The highest BCUT2D eigenvalue weighted by molar-refractivity contribution is 7.80. The number of methoxy groups -OCH3 is 1. The van der Waals surface area contributed by atoms with Crippen LogP contribution in [0.1, 0.15) is 52.0 Å². The van der Waals surface area contributed by atoms with Crippen LogP contribution >= 0.6 is 12.6 Å². The fourth-order valence-corrected chi connectivity index (χ4v) is 3.36. The number of nitrogens with one attached hydrogen (secondary N) is 1. The largest absolute Gasteiger partial charge is 0.508 e. The maximum Gasteiger partial charge on any atom is 0.328 e. The summed E-state index contributed by atoms with van der Waals surface area (Å²) < 4.78 is 9.50. The lowest BCUT2D eigenvalue weighted by Gasteiger charge is -2.33. The van der Waals surface area contributed by atoms with Crippen LogP contribution in [0.3, 0.4) is 0 Å². The fraction of sp³-hybridized carbons (Fsp3) is 0.609. The summed E-state index contributed by atoms with van der Waals surface area (Å²) in [6, 6.07) is 4.41. The molecule has 1 aromatic carbocycles. The molecule has 0 spiro atoms. The van der Waals surface area contributed by atoms with Gasteiger partial charge in [0.15, 0.2) is 0 Å². The van der Waals surface area contributed by atoms with E-state index in [4.69, 9.17) is 15.3 Å². The van der Waals surface area contributed by atoms with Crippen molar-refractivity contribution in [2.75, 3.05) is 24.8 Å². The minimum absolute atomic E-state index is 0.169. The topological polar surface area (TPSA) is 128 Å². The van der Waals surface area contributed by atoms with E-state index in [0.717, 1.165) is 36.8 Å². The molecule has 0 fully saturated rings. The maximum absolute atomic E-state index is 12.2. The highest BCUT2D eigenvalue weighted by Crippen LogP contribution is 2.33. The normalized spacial score (nSPS) is 17.1. The van der Waals surface area contributed by atoms with E-state index in [0.29, 0.717) is 12.4 Å². The number of anilines is 1. The summed E-state index contributed by atoms with van der Waals surface area (Å²) in [6.07, 6.45) is 6.02. The van der Waals surface area contributed by atoms with Crippen molar-refractivity contribution >= 4 is 36.5 Å². The van der Waals surface area contributed by atoms with E-state index in [2.05, 4.69) is 29.6 Å². The number of aldehydes is 1. The van der Waals surface area contributed by atoms with Gasteiger partial charge in [-0.05, 0) is 56.4 Å². The molecule has 0 aliphatic carbocycles. The number of phenolic OH excluding ortho intramolecular Hbond substituents is 1. The number of fused-ring (bicyclic) bond motifs is 1. The summed E-state index contributed by atoms with van der Waals surface area (Å²) in [5.41, 5.74) is 7.18. The van der Waals surface area contributed by atoms with Gasteiger partial charge >= 0.3 is 11.9 Å². The van der Waals surface area contributed by atoms with Crippen LogP contribution in [0.15, 0.2) is 18.2 Å². The van der Waals surface area contributed by atoms with Gasteiger partial charge in [0.2, 0.25) is 0 Å². The van der Waals surface area contributed by atoms with Crippen LogP contribution in [0.5, 0.6) is 5.75 Å². The Balaban J connectivity index is 0.000000732. The number of carbonyl (C=O) groups is 3. The highest BCUT2D eigenvalue weighted by Gasteiger charge is 2.33. The zero-order valence-corrected chi connectivity index (χ0v) is 20.4. The monoisotopic (exact) mass is 470 g/mol. The molecule has 0 unspecified atom stereocenters. The first-order valence-electron chi connectivity index (χ1n) is 10.9. The smallest absolute Gasteiger partial charge is 0.328 e. The lowest BCUT2D eigenvalue weighted by molar-refractivity contribution is -0.145. The summed E-state index contributed by atoms with van der Waals surface area (Å²) >= 11 is 3.78. The third kappa shape index (κ3) is 10.9. The van der Waals surface area contributed by atoms with Gasteiger partial charge in [0, 0.05) is 11.4 Å². The third-order valence-electron chi connectivity index (χ3n) is 4.77. The Bertz CT molecular complexity index is 701. The molecule has 2 rings (SSSR count). The second-order valence-electron chi connectivity index (χ2n) is 7.22. The van der Waals surface area contributed by atoms with Gasteiger partial charge in [0.05, 0.1) is 13.7 Å². The van der Waals surface area contributed by atoms with Gasteiger partial charge in [-0.3, -0.25) is 4.79 Å². The Labute approximate surface area is 196 Å². The van der Waals surface area contributed by atoms with Crippen LogP contribution < -0.4 is 11.1 Å². The first-order valence-corrected chi connectivity index (χ1v) is 11.5. The van der Waals surface area contributed by atoms with E-state index in [1.165, 1.54) is 26.9 Å². The van der Waals surface area contributed by atoms with E-state index in [1.54, 1.807) is 12.1 Å². The zero-order valence-electron chi connectivity index (χ0n) is 19.5. The van der Waals surface area contributed by atoms with Crippen LogP contribution in [0.25, 0.3) is 0 Å². The summed E-state index contributed by atoms with van der Waals surface area (Å²) in [7, 11) is 1.30. The summed E-state index contributed by atoms with van der Waals surface area (Å²) in [6.45, 7) is 5.86. The van der Waals surface area contributed by atoms with E-state index < -0.39 is 12.0 Å². The number of aromatic hydroxyl groups is 1. The second-order valence-corrected chi connectivity index (χ2v) is 7.59. The molecule has 1 aliphatic rings. The van der Waals surface area contributed by atoms with E-state index in [9.17, 15) is 14.7 Å². The molecule has 0 bridgehead atoms. The average Bonchev–Trinajstić information content (AvgIpc) is 2.78. The van der Waals surface area contributed by atoms with Crippen LogP contribution in [0.2, 0.25) is 0 Å². The molecule has 1 aliphatic heterocycles. The van der Waals surface area contributed by atoms with Gasteiger partial charge in [-0.25, -0.2) is 4.79 Å². The van der Waals surface area contributed by atoms with Crippen molar-refractivity contribution in [1.29, 1.82) is 0 Å². The number of benzene rings is 1. The third-order valence-corrected chi connectivity index (χ3v) is 5.17. The van der Waals surface area contributed by atoms with Crippen LogP contribution in [-0.2, 0) is 30.3 Å². The predicted molar refractivity (Wildman–Crippen MR) is 129 cm³/mol. The Kier molecular flexibility index (Phi) is 16.1. The summed E-state index contributed by atoms with van der Waals surface area (Å²) in [5, 5.41) is 12.9. The van der Waals surface area contributed by atoms with E-state index in [1.807, 2.05) is 13.0 Å². The molecule has 182 valence electrons. The highest BCUT2D eigenvalue weighted by atomic mass is 32.1. The van der Waals surface area contributed by atoms with Gasteiger partial charge in [-0.2, -0.15) is 12.6 Å². The average molecular weight is 471 g/mol. The first kappa shape index (κ1) is 29.7. The molecule has 3 atom stereocenters. The van der Waals surface area contributed by atoms with Gasteiger partial charge in [0.1, 0.15) is 24.1 Å². The van der Waals surface area contributed by atoms with E-state index >= 15 is 0 Å². The molecule has 1 aromatic rings. The number of phenols is 1. The number of ether oxygens (including phenoxy) is 2. The van der Waals surface area contributed by atoms with Crippen molar-refractivity contribution in [2.24, 2.45) is 11.7 Å². The van der Waals surface area contributed by atoms with Crippen molar-refractivity contribution in [2.45, 2.75) is 65.0 Å². The van der Waals surface area contributed by atoms with Crippen molar-refractivity contribution in [3.05, 3.63) is 23.8 Å². The number of unbranched alkanes of at least 4 members (excludes halogenated alkanes) is 2. The van der Waals surface area contributed by atoms with Crippen molar-refractivity contribution < 1.29 is 29.0 Å². The lowest BCUT2D eigenvalue weighted by atomic mass is 9.83. The first-order chi connectivity index (χ1) is 15.3. The number of esters is 2. The molecule has 4 N–H and O–H groups in total. The molecule has 0 amide bonds. The predicted octanol–water partition coefficient (Wildman–Crippen LogP) is 3.11. The molecular formula is C23H38N2O6S. The van der Waals surface area contributed by atoms with Crippen LogP contribution in [-0.4, -0.2) is 54.9 Å². The molecule has 9 heteroatoms. The van der Waals surface area contributed by atoms with Gasteiger partial charge < -0.3 is 30.4 Å². The van der Waals surface area contributed by atoms with Gasteiger partial charge in [-0.1, -0.05) is 26.2 Å². The fourth-order valence-electron chi connectivity index (χ4n) is 3.21. The molecule has 0 aromatic heterocycles. The molecule has 0 saturated carbocycles. The molecule has 0 radical (unpaired) electrons. The minimum atomic E-state index is -0.580. The van der Waals surface area contributed by atoms with Crippen molar-refractivity contribution in [3.8, 4) is 5.75 Å². The number of thiol groups is 1. The summed E-state index contributed by atoms with van der Waals surface area (Å²) in [4.78, 5) is 31.3. The Morgan fingerprint density at radius 1 is 1.34 bits per heavy atom. The molecule has 1 heterocycles. The number of hydrogen-bond acceptors (Lipinski definition) is 9. The van der Waals surface area contributed by atoms with Gasteiger partial charge in [-0.15, -0.1) is 0 Å². The van der Waals surface area contributed by atoms with Crippen molar-refractivity contribution in [3.63, 3.8) is 0 Å².